The van der Waals surface area contributed by atoms with Gasteiger partial charge < -0.3 is 5.11 Å². The molecule has 0 aliphatic carbocycles. The van der Waals surface area contributed by atoms with Crippen molar-refractivity contribution in [3.05, 3.63) is 47.3 Å². The maximum atomic E-state index is 9.55. The van der Waals surface area contributed by atoms with Crippen molar-refractivity contribution in [3.63, 3.8) is 0 Å². The predicted octanol–water partition coefficient (Wildman–Crippen LogP) is 2.45. The minimum absolute atomic E-state index is 0.102. The molecule has 1 aromatic heterocycles. The van der Waals surface area contributed by atoms with E-state index in [-0.39, 0.29) is 6.10 Å². The first-order valence-electron chi connectivity index (χ1n) is 7.65. The molecule has 21 heavy (non-hydrogen) atoms. The van der Waals surface area contributed by atoms with Crippen molar-refractivity contribution in [3.8, 4) is 5.69 Å². The van der Waals surface area contributed by atoms with Crippen molar-refractivity contribution in [2.45, 2.75) is 39.3 Å². The highest BCUT2D eigenvalue weighted by molar-refractivity contribution is 5.36. The van der Waals surface area contributed by atoms with Gasteiger partial charge in [0.25, 0.3) is 0 Å². The van der Waals surface area contributed by atoms with Gasteiger partial charge >= 0.3 is 0 Å². The van der Waals surface area contributed by atoms with Crippen molar-refractivity contribution >= 4 is 0 Å². The quantitative estimate of drug-likeness (QED) is 0.942. The van der Waals surface area contributed by atoms with Crippen molar-refractivity contribution in [1.29, 1.82) is 0 Å². The first kappa shape index (κ1) is 14.3. The van der Waals surface area contributed by atoms with Gasteiger partial charge in [0.2, 0.25) is 0 Å². The van der Waals surface area contributed by atoms with Crippen LogP contribution in [0, 0.1) is 13.8 Å². The van der Waals surface area contributed by atoms with Crippen LogP contribution in [-0.4, -0.2) is 39.0 Å². The summed E-state index contributed by atoms with van der Waals surface area (Å²) in [6, 6.07) is 10.7. The smallest absolute Gasteiger partial charge is 0.0648 e. The Bertz CT molecular complexity index is 595. The third-order valence-electron chi connectivity index (χ3n) is 4.15. The van der Waals surface area contributed by atoms with Gasteiger partial charge in [-0.05, 0) is 50.5 Å². The lowest BCUT2D eigenvalue weighted by molar-refractivity contribution is 0.0792. The third-order valence-corrected chi connectivity index (χ3v) is 4.15. The predicted molar refractivity (Wildman–Crippen MR) is 83.6 cm³/mol. The number of hydrogen-bond donors (Lipinski definition) is 1. The van der Waals surface area contributed by atoms with Crippen LogP contribution in [0.3, 0.4) is 0 Å². The minimum atomic E-state index is -0.102. The number of benzene rings is 1. The third kappa shape index (κ3) is 3.34. The number of aryl methyl sites for hydroxylation is 2. The normalized spacial score (nSPS) is 17.3. The van der Waals surface area contributed by atoms with E-state index in [0.717, 1.165) is 49.6 Å². The fraction of sp³-hybridized carbons (Fsp3) is 0.471. The zero-order valence-electron chi connectivity index (χ0n) is 12.8. The molecule has 0 bridgehead atoms. The molecule has 2 heterocycles. The molecule has 4 heteroatoms. The van der Waals surface area contributed by atoms with Crippen molar-refractivity contribution in [2.24, 2.45) is 0 Å². The molecule has 112 valence electrons. The van der Waals surface area contributed by atoms with Crippen LogP contribution in [0.2, 0.25) is 0 Å². The number of likely N-dealkylation sites (tertiary alicyclic amines) is 1. The minimum Gasteiger partial charge on any atom is -0.393 e. The molecule has 1 saturated heterocycles. The molecular weight excluding hydrogens is 262 g/mol. The standard InChI is InChI=1S/C17H23N3O/c1-13-11-14(2)20(18-13)16-5-3-15(4-6-16)12-19-9-7-17(21)8-10-19/h3-6,11,17,21H,7-10,12H2,1-2H3. The lowest BCUT2D eigenvalue weighted by Crippen LogP contribution is -2.35. The van der Waals surface area contributed by atoms with Crippen LogP contribution < -0.4 is 0 Å². The Morgan fingerprint density at radius 3 is 2.38 bits per heavy atom. The summed E-state index contributed by atoms with van der Waals surface area (Å²) in [5, 5.41) is 14.1. The number of piperidine rings is 1. The van der Waals surface area contributed by atoms with Gasteiger partial charge in [0.05, 0.1) is 17.5 Å². The maximum Gasteiger partial charge on any atom is 0.0648 e. The number of rotatable bonds is 3. The fourth-order valence-electron chi connectivity index (χ4n) is 2.97. The zero-order chi connectivity index (χ0) is 14.8. The molecule has 0 spiro atoms. The van der Waals surface area contributed by atoms with E-state index in [9.17, 15) is 5.11 Å². The van der Waals surface area contributed by atoms with Gasteiger partial charge in [0.1, 0.15) is 0 Å². The van der Waals surface area contributed by atoms with E-state index in [0.29, 0.717) is 0 Å². The van der Waals surface area contributed by atoms with Crippen LogP contribution in [0.5, 0.6) is 0 Å². The lowest BCUT2D eigenvalue weighted by atomic mass is 10.1. The summed E-state index contributed by atoms with van der Waals surface area (Å²) >= 11 is 0. The van der Waals surface area contributed by atoms with Gasteiger partial charge in [-0.15, -0.1) is 0 Å². The molecule has 1 aromatic carbocycles. The monoisotopic (exact) mass is 285 g/mol. The number of hydrogen-bond acceptors (Lipinski definition) is 3. The molecule has 2 aromatic rings. The Kier molecular flexibility index (Phi) is 4.08. The van der Waals surface area contributed by atoms with E-state index >= 15 is 0 Å². The molecular formula is C17H23N3O. The van der Waals surface area contributed by atoms with Crippen LogP contribution in [0.25, 0.3) is 5.69 Å². The van der Waals surface area contributed by atoms with Gasteiger partial charge in [-0.25, -0.2) is 4.68 Å². The Balaban J connectivity index is 1.68. The Morgan fingerprint density at radius 2 is 1.81 bits per heavy atom. The lowest BCUT2D eigenvalue weighted by Gasteiger charge is -2.29. The average molecular weight is 285 g/mol. The van der Waals surface area contributed by atoms with E-state index in [2.05, 4.69) is 47.3 Å². The number of aliphatic hydroxyl groups excluding tert-OH is 1. The van der Waals surface area contributed by atoms with E-state index in [4.69, 9.17) is 0 Å². The number of aliphatic hydroxyl groups is 1. The molecule has 1 aliphatic heterocycles. The summed E-state index contributed by atoms with van der Waals surface area (Å²) < 4.78 is 1.98. The maximum absolute atomic E-state index is 9.55. The molecule has 1 N–H and O–H groups in total. The van der Waals surface area contributed by atoms with Gasteiger partial charge in [-0.3, -0.25) is 4.90 Å². The van der Waals surface area contributed by atoms with Crippen molar-refractivity contribution < 1.29 is 5.11 Å². The highest BCUT2D eigenvalue weighted by Crippen LogP contribution is 2.16. The van der Waals surface area contributed by atoms with Crippen molar-refractivity contribution in [1.82, 2.24) is 14.7 Å². The second-order valence-electron chi connectivity index (χ2n) is 6.01. The SMILES string of the molecule is Cc1cc(C)n(-c2ccc(CN3CCC(O)CC3)cc2)n1. The Morgan fingerprint density at radius 1 is 1.14 bits per heavy atom. The second kappa shape index (κ2) is 6.00. The van der Waals surface area contributed by atoms with Crippen LogP contribution in [0.1, 0.15) is 29.8 Å². The molecule has 0 radical (unpaired) electrons. The molecule has 0 amide bonds. The summed E-state index contributed by atoms with van der Waals surface area (Å²) in [4.78, 5) is 2.41. The number of nitrogens with zero attached hydrogens (tertiary/aromatic N) is 3. The van der Waals surface area contributed by atoms with Gasteiger partial charge in [0, 0.05) is 25.3 Å². The fourth-order valence-corrected chi connectivity index (χ4v) is 2.97. The highest BCUT2D eigenvalue weighted by Gasteiger charge is 2.16. The van der Waals surface area contributed by atoms with E-state index < -0.39 is 0 Å². The van der Waals surface area contributed by atoms with Gasteiger partial charge in [-0.2, -0.15) is 5.10 Å². The van der Waals surface area contributed by atoms with E-state index in [1.165, 1.54) is 5.56 Å². The Labute approximate surface area is 126 Å². The van der Waals surface area contributed by atoms with Gasteiger partial charge in [0.15, 0.2) is 0 Å². The molecule has 0 atom stereocenters. The van der Waals surface area contributed by atoms with Gasteiger partial charge in [-0.1, -0.05) is 12.1 Å². The van der Waals surface area contributed by atoms with Crippen LogP contribution in [0.4, 0.5) is 0 Å². The zero-order valence-corrected chi connectivity index (χ0v) is 12.8. The summed E-state index contributed by atoms with van der Waals surface area (Å²) in [5.74, 6) is 0. The summed E-state index contributed by atoms with van der Waals surface area (Å²) in [6.07, 6.45) is 1.68. The molecule has 3 rings (SSSR count). The van der Waals surface area contributed by atoms with Crippen LogP contribution in [-0.2, 0) is 6.54 Å². The van der Waals surface area contributed by atoms with E-state index in [1.54, 1.807) is 0 Å². The topological polar surface area (TPSA) is 41.3 Å². The largest absolute Gasteiger partial charge is 0.393 e. The molecule has 0 unspecified atom stereocenters. The molecule has 0 saturated carbocycles. The molecule has 1 fully saturated rings. The summed E-state index contributed by atoms with van der Waals surface area (Å²) in [5.41, 5.74) is 4.63. The molecule has 4 nitrogen and oxygen atoms in total. The second-order valence-corrected chi connectivity index (χ2v) is 6.01. The van der Waals surface area contributed by atoms with E-state index in [1.807, 2.05) is 11.6 Å². The summed E-state index contributed by atoms with van der Waals surface area (Å²) in [6.45, 7) is 7.03. The molecule has 1 aliphatic rings. The average Bonchev–Trinajstić information content (AvgIpc) is 2.81. The Hall–Kier alpha value is -1.65. The van der Waals surface area contributed by atoms with Crippen LogP contribution in [0.15, 0.2) is 30.3 Å². The van der Waals surface area contributed by atoms with Crippen molar-refractivity contribution in [2.75, 3.05) is 13.1 Å². The highest BCUT2D eigenvalue weighted by atomic mass is 16.3. The number of aromatic nitrogens is 2. The first-order chi connectivity index (χ1) is 10.1. The summed E-state index contributed by atoms with van der Waals surface area (Å²) in [7, 11) is 0. The van der Waals surface area contributed by atoms with Crippen LogP contribution >= 0.6 is 0 Å². The first-order valence-corrected chi connectivity index (χ1v) is 7.65.